The SMILES string of the molecule is COC(=O)CC1CCN(C(=O)C[C@@H]2NC(=O)N(CCc3c[nH]c4ccccc34)C2=O)CC1. The van der Waals surface area contributed by atoms with Gasteiger partial charge in [-0.1, -0.05) is 18.2 Å². The van der Waals surface area contributed by atoms with Crippen molar-refractivity contribution in [2.24, 2.45) is 5.92 Å². The van der Waals surface area contributed by atoms with Gasteiger partial charge in [0.15, 0.2) is 0 Å². The van der Waals surface area contributed by atoms with Crippen LogP contribution < -0.4 is 5.32 Å². The van der Waals surface area contributed by atoms with Crippen molar-refractivity contribution in [1.82, 2.24) is 20.1 Å². The van der Waals surface area contributed by atoms with Crippen LogP contribution in [0.3, 0.4) is 0 Å². The highest BCUT2D eigenvalue weighted by molar-refractivity contribution is 6.05. The molecule has 2 fully saturated rings. The molecule has 0 unspecified atom stereocenters. The molecule has 0 aliphatic carbocycles. The Morgan fingerprint density at radius 2 is 1.88 bits per heavy atom. The minimum Gasteiger partial charge on any atom is -0.469 e. The molecular weight excluding hydrogens is 412 g/mol. The van der Waals surface area contributed by atoms with Gasteiger partial charge in [-0.15, -0.1) is 0 Å². The number of nitrogens with zero attached hydrogens (tertiary/aromatic N) is 2. The van der Waals surface area contributed by atoms with Crippen molar-refractivity contribution in [2.75, 3.05) is 26.7 Å². The highest BCUT2D eigenvalue weighted by atomic mass is 16.5. The molecule has 4 amide bonds. The lowest BCUT2D eigenvalue weighted by molar-refractivity contribution is -0.142. The van der Waals surface area contributed by atoms with Gasteiger partial charge in [0.25, 0.3) is 5.91 Å². The minimum atomic E-state index is -0.828. The Kier molecular flexibility index (Phi) is 6.43. The number of H-pyrrole nitrogens is 1. The number of nitrogens with one attached hydrogen (secondary N) is 2. The molecule has 9 heteroatoms. The number of ether oxygens (including phenoxy) is 1. The average Bonchev–Trinajstić information content (AvgIpc) is 3.33. The van der Waals surface area contributed by atoms with Crippen molar-refractivity contribution in [3.8, 4) is 0 Å². The van der Waals surface area contributed by atoms with E-state index in [9.17, 15) is 19.2 Å². The quantitative estimate of drug-likeness (QED) is 0.504. The summed E-state index contributed by atoms with van der Waals surface area (Å²) < 4.78 is 4.71. The molecule has 1 aromatic heterocycles. The van der Waals surface area contributed by atoms with E-state index in [4.69, 9.17) is 4.74 Å². The standard InChI is InChI=1S/C23H28N4O5/c1-32-21(29)12-15-6-9-26(10-7-15)20(28)13-19-22(30)27(23(31)25-19)11-8-16-14-24-18-5-3-2-4-17(16)18/h2-5,14-15,19,24H,6-13H2,1H3,(H,25,31)/t19-/m0/s1. The molecule has 0 radical (unpaired) electrons. The van der Waals surface area contributed by atoms with Crippen LogP contribution in [0, 0.1) is 5.92 Å². The molecule has 4 rings (SSSR count). The maximum atomic E-state index is 12.8. The number of hydrogen-bond acceptors (Lipinski definition) is 5. The van der Waals surface area contributed by atoms with Crippen molar-refractivity contribution in [3.05, 3.63) is 36.0 Å². The van der Waals surface area contributed by atoms with Gasteiger partial charge in [-0.2, -0.15) is 0 Å². The van der Waals surface area contributed by atoms with Crippen LogP contribution in [-0.2, 0) is 25.5 Å². The second kappa shape index (κ2) is 9.42. The molecule has 2 aliphatic rings. The summed E-state index contributed by atoms with van der Waals surface area (Å²) in [6.07, 6.45) is 4.20. The molecule has 1 atom stereocenters. The van der Waals surface area contributed by atoms with E-state index in [-0.39, 0.29) is 36.7 Å². The van der Waals surface area contributed by atoms with Crippen LogP contribution in [-0.4, -0.2) is 71.4 Å². The van der Waals surface area contributed by atoms with Crippen molar-refractivity contribution >= 4 is 34.7 Å². The zero-order chi connectivity index (χ0) is 22.7. The minimum absolute atomic E-state index is 0.0458. The molecule has 32 heavy (non-hydrogen) atoms. The number of benzene rings is 1. The molecule has 9 nitrogen and oxygen atoms in total. The molecule has 0 bridgehead atoms. The third-order valence-corrected chi connectivity index (χ3v) is 6.42. The van der Waals surface area contributed by atoms with Crippen molar-refractivity contribution in [2.45, 2.75) is 38.1 Å². The van der Waals surface area contributed by atoms with Crippen molar-refractivity contribution in [1.29, 1.82) is 0 Å². The molecule has 2 N–H and O–H groups in total. The smallest absolute Gasteiger partial charge is 0.324 e. The highest BCUT2D eigenvalue weighted by Crippen LogP contribution is 2.23. The zero-order valence-electron chi connectivity index (χ0n) is 18.1. The van der Waals surface area contributed by atoms with Gasteiger partial charge in [0.2, 0.25) is 5.91 Å². The topological polar surface area (TPSA) is 112 Å². The Hall–Kier alpha value is -3.36. The Labute approximate surface area is 186 Å². The summed E-state index contributed by atoms with van der Waals surface area (Å²) in [7, 11) is 1.37. The third kappa shape index (κ3) is 4.61. The van der Waals surface area contributed by atoms with Crippen LogP contribution in [0.4, 0.5) is 4.79 Å². The summed E-state index contributed by atoms with van der Waals surface area (Å²) in [6.45, 7) is 1.34. The van der Waals surface area contributed by atoms with Gasteiger partial charge in [0.05, 0.1) is 13.5 Å². The maximum absolute atomic E-state index is 12.8. The first-order chi connectivity index (χ1) is 15.5. The first-order valence-corrected chi connectivity index (χ1v) is 11.0. The lowest BCUT2D eigenvalue weighted by Gasteiger charge is -2.32. The normalized spacial score (nSPS) is 19.5. The number of urea groups is 1. The summed E-state index contributed by atoms with van der Waals surface area (Å²) in [5.74, 6) is -0.538. The number of hydrogen-bond donors (Lipinski definition) is 2. The van der Waals surface area contributed by atoms with Crippen LogP contribution in [0.2, 0.25) is 0 Å². The zero-order valence-corrected chi connectivity index (χ0v) is 18.1. The number of methoxy groups -OCH3 is 1. The van der Waals surface area contributed by atoms with Crippen molar-refractivity contribution < 1.29 is 23.9 Å². The van der Waals surface area contributed by atoms with Gasteiger partial charge in [-0.25, -0.2) is 4.79 Å². The predicted molar refractivity (Wildman–Crippen MR) is 117 cm³/mol. The first kappa shape index (κ1) is 21.9. The molecule has 3 heterocycles. The van der Waals surface area contributed by atoms with E-state index in [1.807, 2.05) is 30.5 Å². The molecule has 0 saturated carbocycles. The lowest BCUT2D eigenvalue weighted by atomic mass is 9.93. The van der Waals surface area contributed by atoms with Gasteiger partial charge >= 0.3 is 12.0 Å². The van der Waals surface area contributed by atoms with Gasteiger partial charge in [-0.05, 0) is 36.8 Å². The van der Waals surface area contributed by atoms with E-state index in [1.165, 1.54) is 12.0 Å². The number of fused-ring (bicyclic) bond motifs is 1. The van der Waals surface area contributed by atoms with E-state index < -0.39 is 12.1 Å². The van der Waals surface area contributed by atoms with Crippen LogP contribution in [0.5, 0.6) is 0 Å². The van der Waals surface area contributed by atoms with Crippen LogP contribution in [0.1, 0.15) is 31.2 Å². The number of rotatable bonds is 7. The van der Waals surface area contributed by atoms with Crippen LogP contribution in [0.25, 0.3) is 10.9 Å². The summed E-state index contributed by atoms with van der Waals surface area (Å²) in [4.78, 5) is 55.4. The number of piperidine rings is 1. The maximum Gasteiger partial charge on any atom is 0.324 e. The van der Waals surface area contributed by atoms with Crippen LogP contribution in [0.15, 0.2) is 30.5 Å². The molecular formula is C23H28N4O5. The summed E-state index contributed by atoms with van der Waals surface area (Å²) >= 11 is 0. The number of aromatic nitrogens is 1. The average molecular weight is 441 g/mol. The number of amides is 4. The molecule has 0 spiro atoms. The molecule has 2 aliphatic heterocycles. The molecule has 1 aromatic carbocycles. The number of para-hydroxylation sites is 1. The number of esters is 1. The first-order valence-electron chi connectivity index (χ1n) is 11.0. The second-order valence-electron chi connectivity index (χ2n) is 8.41. The fourth-order valence-electron chi connectivity index (χ4n) is 4.51. The van der Waals surface area contributed by atoms with Crippen LogP contribution >= 0.6 is 0 Å². The third-order valence-electron chi connectivity index (χ3n) is 6.42. The predicted octanol–water partition coefficient (Wildman–Crippen LogP) is 1.82. The van der Waals surface area contributed by atoms with Gasteiger partial charge < -0.3 is 19.9 Å². The van der Waals surface area contributed by atoms with Crippen molar-refractivity contribution in [3.63, 3.8) is 0 Å². The summed E-state index contributed by atoms with van der Waals surface area (Å²) in [6, 6.07) is 6.60. The number of likely N-dealkylation sites (tertiary alicyclic amines) is 1. The second-order valence-corrected chi connectivity index (χ2v) is 8.41. The van der Waals surface area contributed by atoms with Gasteiger partial charge in [-0.3, -0.25) is 19.3 Å². The fourth-order valence-corrected chi connectivity index (χ4v) is 4.51. The molecule has 2 saturated heterocycles. The monoisotopic (exact) mass is 440 g/mol. The van der Waals surface area contributed by atoms with E-state index >= 15 is 0 Å². The van der Waals surface area contributed by atoms with E-state index in [0.717, 1.165) is 29.3 Å². The Morgan fingerprint density at radius 3 is 2.62 bits per heavy atom. The highest BCUT2D eigenvalue weighted by Gasteiger charge is 2.39. The fraction of sp³-hybridized carbons (Fsp3) is 0.478. The lowest BCUT2D eigenvalue weighted by Crippen LogP contribution is -2.43. The summed E-state index contributed by atoms with van der Waals surface area (Å²) in [5, 5.41) is 3.73. The largest absolute Gasteiger partial charge is 0.469 e. The Morgan fingerprint density at radius 1 is 1.12 bits per heavy atom. The Balaban J connectivity index is 1.28. The van der Waals surface area contributed by atoms with E-state index in [0.29, 0.717) is 25.9 Å². The number of aromatic amines is 1. The van der Waals surface area contributed by atoms with E-state index in [2.05, 4.69) is 10.3 Å². The number of carbonyl (C=O) groups is 4. The molecule has 2 aromatic rings. The van der Waals surface area contributed by atoms with Gasteiger partial charge in [0.1, 0.15) is 6.04 Å². The summed E-state index contributed by atoms with van der Waals surface area (Å²) in [5.41, 5.74) is 2.05. The molecule has 170 valence electrons. The number of imide groups is 1. The van der Waals surface area contributed by atoms with Gasteiger partial charge in [0, 0.05) is 43.2 Å². The van der Waals surface area contributed by atoms with E-state index in [1.54, 1.807) is 4.90 Å². The Bertz CT molecular complexity index is 1020. The number of carbonyl (C=O) groups excluding carboxylic acids is 4.